The number of hydrogen-bond acceptors (Lipinski definition) is 4. The van der Waals surface area contributed by atoms with Crippen LogP contribution in [0.1, 0.15) is 17.9 Å². The number of aryl methyl sites for hydroxylation is 1. The quantitative estimate of drug-likeness (QED) is 0.767. The molecule has 1 unspecified atom stereocenters. The first kappa shape index (κ1) is 16.8. The molecule has 5 nitrogen and oxygen atoms in total. The summed E-state index contributed by atoms with van der Waals surface area (Å²) < 4.78 is 64.4. The molecule has 0 aromatic carbocycles. The fourth-order valence-electron chi connectivity index (χ4n) is 2.72. The summed E-state index contributed by atoms with van der Waals surface area (Å²) in [4.78, 5) is 22.2. The summed E-state index contributed by atoms with van der Waals surface area (Å²) in [5, 5.41) is 0. The van der Waals surface area contributed by atoms with Gasteiger partial charge < -0.3 is 9.80 Å². The molecule has 1 saturated carbocycles. The van der Waals surface area contributed by atoms with Crippen molar-refractivity contribution in [3.8, 4) is 0 Å². The van der Waals surface area contributed by atoms with E-state index in [4.69, 9.17) is 0 Å². The highest BCUT2D eigenvalue weighted by Crippen LogP contribution is 2.49. The predicted molar refractivity (Wildman–Crippen MR) is 73.6 cm³/mol. The lowest BCUT2D eigenvalue weighted by Crippen LogP contribution is -2.50. The number of aromatic nitrogens is 2. The molecule has 2 aliphatic rings. The smallest absolute Gasteiger partial charge is 0.353 e. The fraction of sp³-hybridized carbons (Fsp3) is 0.643. The van der Waals surface area contributed by atoms with E-state index in [-0.39, 0.29) is 37.8 Å². The van der Waals surface area contributed by atoms with Gasteiger partial charge in [0.05, 0.1) is 0 Å². The number of alkyl halides is 5. The SMILES string of the molecule is Cc1nc(N2CCN(C(=O)C3CC3(F)F)CC2)cc(C(F)(F)F)n1. The summed E-state index contributed by atoms with van der Waals surface area (Å²) in [5.41, 5.74) is -1.03. The van der Waals surface area contributed by atoms with Crippen LogP contribution in [0.4, 0.5) is 27.8 Å². The zero-order valence-corrected chi connectivity index (χ0v) is 12.8. The first-order valence-electron chi connectivity index (χ1n) is 7.42. The molecule has 1 aromatic heterocycles. The molecular weight excluding hydrogens is 335 g/mol. The van der Waals surface area contributed by atoms with Crippen LogP contribution in [0.5, 0.6) is 0 Å². The third-order valence-corrected chi connectivity index (χ3v) is 4.15. The second kappa shape index (κ2) is 5.52. The lowest BCUT2D eigenvalue weighted by atomic mass is 10.2. The van der Waals surface area contributed by atoms with Gasteiger partial charge in [-0.2, -0.15) is 13.2 Å². The third kappa shape index (κ3) is 3.27. The molecule has 10 heteroatoms. The molecule has 1 amide bonds. The van der Waals surface area contributed by atoms with Crippen molar-refractivity contribution in [2.24, 2.45) is 5.92 Å². The van der Waals surface area contributed by atoms with Crippen molar-refractivity contribution in [1.29, 1.82) is 0 Å². The van der Waals surface area contributed by atoms with Crippen molar-refractivity contribution >= 4 is 11.7 Å². The van der Waals surface area contributed by atoms with Gasteiger partial charge in [0.25, 0.3) is 5.92 Å². The molecule has 3 rings (SSSR count). The number of carbonyl (C=O) groups excluding carboxylic acids is 1. The number of anilines is 1. The highest BCUT2D eigenvalue weighted by atomic mass is 19.4. The Balaban J connectivity index is 1.67. The van der Waals surface area contributed by atoms with E-state index in [1.54, 1.807) is 4.90 Å². The molecule has 1 saturated heterocycles. The van der Waals surface area contributed by atoms with E-state index in [0.29, 0.717) is 0 Å². The molecule has 1 aliphatic heterocycles. The maximum Gasteiger partial charge on any atom is 0.433 e. The molecule has 0 spiro atoms. The molecule has 2 fully saturated rings. The molecule has 1 atom stereocenters. The topological polar surface area (TPSA) is 49.3 Å². The molecule has 0 bridgehead atoms. The Morgan fingerprint density at radius 3 is 2.29 bits per heavy atom. The maximum atomic E-state index is 13.0. The molecule has 1 aliphatic carbocycles. The molecule has 0 radical (unpaired) electrons. The van der Waals surface area contributed by atoms with Crippen LogP contribution in [0.25, 0.3) is 0 Å². The van der Waals surface area contributed by atoms with Crippen LogP contribution in [0.2, 0.25) is 0 Å². The van der Waals surface area contributed by atoms with Crippen LogP contribution in [0, 0.1) is 12.8 Å². The van der Waals surface area contributed by atoms with E-state index < -0.39 is 36.0 Å². The number of nitrogens with zero attached hydrogens (tertiary/aromatic N) is 4. The van der Waals surface area contributed by atoms with Crippen LogP contribution in [0.15, 0.2) is 6.07 Å². The Morgan fingerprint density at radius 2 is 1.79 bits per heavy atom. The van der Waals surface area contributed by atoms with Gasteiger partial charge in [0.1, 0.15) is 23.3 Å². The average Bonchev–Trinajstić information content (AvgIpc) is 3.14. The van der Waals surface area contributed by atoms with Gasteiger partial charge in [-0.05, 0) is 6.92 Å². The van der Waals surface area contributed by atoms with Crippen molar-refractivity contribution in [3.05, 3.63) is 17.6 Å². The number of piperazine rings is 1. The van der Waals surface area contributed by atoms with Gasteiger partial charge in [-0.1, -0.05) is 0 Å². The average molecular weight is 350 g/mol. The van der Waals surface area contributed by atoms with Crippen molar-refractivity contribution < 1.29 is 26.7 Å². The molecule has 2 heterocycles. The minimum Gasteiger partial charge on any atom is -0.353 e. The van der Waals surface area contributed by atoms with Gasteiger partial charge >= 0.3 is 6.18 Å². The van der Waals surface area contributed by atoms with Crippen molar-refractivity contribution in [2.45, 2.75) is 25.4 Å². The van der Waals surface area contributed by atoms with Crippen LogP contribution in [0.3, 0.4) is 0 Å². The van der Waals surface area contributed by atoms with Crippen LogP contribution in [-0.2, 0) is 11.0 Å². The second-order valence-electron chi connectivity index (χ2n) is 5.99. The number of rotatable bonds is 2. The normalized spacial score (nSPS) is 23.3. The lowest BCUT2D eigenvalue weighted by Gasteiger charge is -2.35. The van der Waals surface area contributed by atoms with Crippen molar-refractivity contribution in [1.82, 2.24) is 14.9 Å². The standard InChI is InChI=1S/C14H15F5N4O/c1-8-20-10(14(17,18)19)6-11(21-8)22-2-4-23(5-3-22)12(24)9-7-13(9,15)16/h6,9H,2-5,7H2,1H3. The number of hydrogen-bond donors (Lipinski definition) is 0. The number of carbonyl (C=O) groups is 1. The summed E-state index contributed by atoms with van der Waals surface area (Å²) >= 11 is 0. The Labute approximate surface area is 134 Å². The Hall–Kier alpha value is -2.00. The Morgan fingerprint density at radius 1 is 1.21 bits per heavy atom. The van der Waals surface area contributed by atoms with E-state index >= 15 is 0 Å². The fourth-order valence-corrected chi connectivity index (χ4v) is 2.72. The number of halogens is 5. The van der Waals surface area contributed by atoms with Crippen LogP contribution >= 0.6 is 0 Å². The van der Waals surface area contributed by atoms with Gasteiger partial charge in [-0.15, -0.1) is 0 Å². The Kier molecular flexibility index (Phi) is 3.88. The summed E-state index contributed by atoms with van der Waals surface area (Å²) in [7, 11) is 0. The zero-order chi connectivity index (χ0) is 17.7. The van der Waals surface area contributed by atoms with Crippen molar-refractivity contribution in [3.63, 3.8) is 0 Å². The lowest BCUT2D eigenvalue weighted by molar-refractivity contribution is -0.141. The predicted octanol–water partition coefficient (Wildman–Crippen LogP) is 2.11. The van der Waals surface area contributed by atoms with Gasteiger partial charge in [0, 0.05) is 38.7 Å². The third-order valence-electron chi connectivity index (χ3n) is 4.15. The second-order valence-corrected chi connectivity index (χ2v) is 5.99. The molecular formula is C14H15F5N4O. The Bertz CT molecular complexity index is 655. The first-order chi connectivity index (χ1) is 11.1. The molecule has 0 N–H and O–H groups in total. The minimum atomic E-state index is -4.57. The van der Waals surface area contributed by atoms with Crippen LogP contribution in [-0.4, -0.2) is 52.9 Å². The summed E-state index contributed by atoms with van der Waals surface area (Å²) in [5.74, 6) is -4.63. The largest absolute Gasteiger partial charge is 0.433 e. The molecule has 132 valence electrons. The van der Waals surface area contributed by atoms with Crippen LogP contribution < -0.4 is 4.90 Å². The summed E-state index contributed by atoms with van der Waals surface area (Å²) in [6, 6.07) is 0.861. The summed E-state index contributed by atoms with van der Waals surface area (Å²) in [6.07, 6.45) is -5.00. The van der Waals surface area contributed by atoms with E-state index in [1.165, 1.54) is 11.8 Å². The summed E-state index contributed by atoms with van der Waals surface area (Å²) in [6.45, 7) is 2.19. The van der Waals surface area contributed by atoms with Gasteiger partial charge in [-0.3, -0.25) is 4.79 Å². The highest BCUT2D eigenvalue weighted by molar-refractivity contribution is 5.83. The van der Waals surface area contributed by atoms with E-state index in [1.807, 2.05) is 0 Å². The van der Waals surface area contributed by atoms with Gasteiger partial charge in [-0.25, -0.2) is 18.7 Å². The molecule has 1 aromatic rings. The monoisotopic (exact) mass is 350 g/mol. The minimum absolute atomic E-state index is 0.00375. The van der Waals surface area contributed by atoms with Crippen molar-refractivity contribution in [2.75, 3.05) is 31.1 Å². The van der Waals surface area contributed by atoms with E-state index in [0.717, 1.165) is 6.07 Å². The molecule has 24 heavy (non-hydrogen) atoms. The van der Waals surface area contributed by atoms with Gasteiger partial charge in [0.2, 0.25) is 5.91 Å². The highest BCUT2D eigenvalue weighted by Gasteiger charge is 2.62. The zero-order valence-electron chi connectivity index (χ0n) is 12.8. The van der Waals surface area contributed by atoms with E-state index in [2.05, 4.69) is 9.97 Å². The maximum absolute atomic E-state index is 13.0. The van der Waals surface area contributed by atoms with Gasteiger partial charge in [0.15, 0.2) is 0 Å². The van der Waals surface area contributed by atoms with E-state index in [9.17, 15) is 26.7 Å². The first-order valence-corrected chi connectivity index (χ1v) is 7.42. The number of amides is 1.